The van der Waals surface area contributed by atoms with Crippen molar-refractivity contribution in [1.29, 1.82) is 0 Å². The van der Waals surface area contributed by atoms with Crippen molar-refractivity contribution in [2.75, 3.05) is 11.9 Å². The van der Waals surface area contributed by atoms with Crippen LogP contribution in [0, 0.1) is 0 Å². The molecule has 82 valence electrons. The second-order valence-corrected chi connectivity index (χ2v) is 3.96. The topological polar surface area (TPSA) is 64.3 Å². The standard InChI is InChI=1S/C9H9BrN2O2.ClH/c10-5-1-2-8-7(3-5)12-9(13)6(11)4-14-8;/h1-3,6H,4,11H2,(H,12,13);1H/t6-;/m1./s1. The maximum atomic E-state index is 11.4. The highest BCUT2D eigenvalue weighted by Gasteiger charge is 2.20. The Labute approximate surface area is 102 Å². The second kappa shape index (κ2) is 4.83. The zero-order valence-electron chi connectivity index (χ0n) is 7.70. The van der Waals surface area contributed by atoms with Crippen molar-refractivity contribution in [3.63, 3.8) is 0 Å². The fourth-order valence-electron chi connectivity index (χ4n) is 1.21. The summed E-state index contributed by atoms with van der Waals surface area (Å²) in [6.45, 7) is 0.209. The van der Waals surface area contributed by atoms with Crippen LogP contribution in [0.3, 0.4) is 0 Å². The van der Waals surface area contributed by atoms with Crippen molar-refractivity contribution in [1.82, 2.24) is 0 Å². The third-order valence-electron chi connectivity index (χ3n) is 1.95. The Kier molecular flexibility index (Phi) is 3.96. The number of hydrogen-bond donors (Lipinski definition) is 2. The van der Waals surface area contributed by atoms with Gasteiger partial charge in [0.25, 0.3) is 0 Å². The first-order valence-corrected chi connectivity index (χ1v) is 4.95. The van der Waals surface area contributed by atoms with Gasteiger partial charge in [-0.15, -0.1) is 12.4 Å². The van der Waals surface area contributed by atoms with Crippen LogP contribution in [-0.2, 0) is 4.79 Å². The summed E-state index contributed by atoms with van der Waals surface area (Å²) in [6.07, 6.45) is 0. The molecule has 2 rings (SSSR count). The number of nitrogens with two attached hydrogens (primary N) is 1. The molecule has 0 radical (unpaired) electrons. The fourth-order valence-corrected chi connectivity index (χ4v) is 1.57. The van der Waals surface area contributed by atoms with E-state index in [1.54, 1.807) is 12.1 Å². The molecule has 3 N–H and O–H groups in total. The monoisotopic (exact) mass is 292 g/mol. The fraction of sp³-hybridized carbons (Fsp3) is 0.222. The molecule has 15 heavy (non-hydrogen) atoms. The van der Waals surface area contributed by atoms with E-state index in [1.165, 1.54) is 0 Å². The summed E-state index contributed by atoms with van der Waals surface area (Å²) in [5.41, 5.74) is 6.20. The van der Waals surface area contributed by atoms with Gasteiger partial charge in [0.2, 0.25) is 5.91 Å². The lowest BCUT2D eigenvalue weighted by molar-refractivity contribution is -0.117. The van der Waals surface area contributed by atoms with E-state index in [9.17, 15) is 4.79 Å². The number of carbonyl (C=O) groups is 1. The lowest BCUT2D eigenvalue weighted by Gasteiger charge is -2.06. The normalized spacial score (nSPS) is 19.1. The zero-order chi connectivity index (χ0) is 10.1. The number of hydrogen-bond acceptors (Lipinski definition) is 3. The Hall–Kier alpha value is -0.780. The van der Waals surface area contributed by atoms with Crippen molar-refractivity contribution < 1.29 is 9.53 Å². The maximum absolute atomic E-state index is 11.4. The molecule has 1 aromatic carbocycles. The summed E-state index contributed by atoms with van der Waals surface area (Å²) in [6, 6.07) is 4.81. The molecule has 0 unspecified atom stereocenters. The first kappa shape index (κ1) is 12.3. The highest BCUT2D eigenvalue weighted by molar-refractivity contribution is 9.10. The van der Waals surface area contributed by atoms with Crippen LogP contribution in [0.15, 0.2) is 22.7 Å². The summed E-state index contributed by atoms with van der Waals surface area (Å²) in [5, 5.41) is 2.69. The number of benzene rings is 1. The third-order valence-corrected chi connectivity index (χ3v) is 2.45. The smallest absolute Gasteiger partial charge is 0.244 e. The van der Waals surface area contributed by atoms with Crippen LogP contribution in [0.1, 0.15) is 0 Å². The van der Waals surface area contributed by atoms with Gasteiger partial charge >= 0.3 is 0 Å². The van der Waals surface area contributed by atoms with E-state index >= 15 is 0 Å². The average Bonchev–Trinajstić information content (AvgIpc) is 2.27. The number of carbonyl (C=O) groups excluding carboxylic acids is 1. The molecular formula is C9H10BrClN2O2. The van der Waals surface area contributed by atoms with Crippen molar-refractivity contribution in [3.05, 3.63) is 22.7 Å². The van der Waals surface area contributed by atoms with Crippen LogP contribution >= 0.6 is 28.3 Å². The molecular weight excluding hydrogens is 283 g/mol. The van der Waals surface area contributed by atoms with Crippen LogP contribution < -0.4 is 15.8 Å². The van der Waals surface area contributed by atoms with Crippen LogP contribution in [0.2, 0.25) is 0 Å². The molecule has 0 spiro atoms. The molecule has 1 aromatic rings. The Bertz CT molecular complexity index is 386. The minimum absolute atomic E-state index is 0. The molecule has 4 nitrogen and oxygen atoms in total. The van der Waals surface area contributed by atoms with E-state index in [1.807, 2.05) is 6.07 Å². The molecule has 1 heterocycles. The van der Waals surface area contributed by atoms with Crippen molar-refractivity contribution in [2.45, 2.75) is 6.04 Å². The molecule has 1 amide bonds. The van der Waals surface area contributed by atoms with Crippen LogP contribution in [-0.4, -0.2) is 18.6 Å². The molecule has 0 aliphatic carbocycles. The van der Waals surface area contributed by atoms with Gasteiger partial charge in [-0.1, -0.05) is 15.9 Å². The second-order valence-electron chi connectivity index (χ2n) is 3.05. The summed E-state index contributed by atoms with van der Waals surface area (Å²) in [4.78, 5) is 11.4. The predicted octanol–water partition coefficient (Wildman–Crippen LogP) is 1.53. The minimum atomic E-state index is -0.610. The summed E-state index contributed by atoms with van der Waals surface area (Å²) in [5.74, 6) is 0.427. The molecule has 0 fully saturated rings. The number of rotatable bonds is 0. The third kappa shape index (κ3) is 2.62. The quantitative estimate of drug-likeness (QED) is 0.762. The van der Waals surface area contributed by atoms with Crippen molar-refractivity contribution >= 4 is 39.9 Å². The molecule has 0 aromatic heterocycles. The van der Waals surface area contributed by atoms with Gasteiger partial charge < -0.3 is 15.8 Å². The Balaban J connectivity index is 0.00000112. The lowest BCUT2D eigenvalue weighted by atomic mass is 10.3. The molecule has 6 heteroatoms. The molecule has 0 bridgehead atoms. The van der Waals surface area contributed by atoms with Gasteiger partial charge in [0.05, 0.1) is 5.69 Å². The number of fused-ring (bicyclic) bond motifs is 1. The van der Waals surface area contributed by atoms with E-state index in [0.717, 1.165) is 4.47 Å². The summed E-state index contributed by atoms with van der Waals surface area (Å²) < 4.78 is 6.24. The van der Waals surface area contributed by atoms with Crippen molar-refractivity contribution in [2.24, 2.45) is 5.73 Å². The SMILES string of the molecule is Cl.N[C@@H]1COc2ccc(Br)cc2NC1=O. The molecule has 0 saturated heterocycles. The van der Waals surface area contributed by atoms with Gasteiger partial charge in [0, 0.05) is 4.47 Å². The Morgan fingerprint density at radius 1 is 1.53 bits per heavy atom. The zero-order valence-corrected chi connectivity index (χ0v) is 10.1. The van der Waals surface area contributed by atoms with Gasteiger partial charge in [-0.2, -0.15) is 0 Å². The van der Waals surface area contributed by atoms with Gasteiger partial charge in [0.15, 0.2) is 0 Å². The highest BCUT2D eigenvalue weighted by atomic mass is 79.9. The van der Waals surface area contributed by atoms with E-state index in [2.05, 4.69) is 21.2 Å². The van der Waals surface area contributed by atoms with E-state index in [4.69, 9.17) is 10.5 Å². The van der Waals surface area contributed by atoms with Crippen LogP contribution in [0.4, 0.5) is 5.69 Å². The van der Waals surface area contributed by atoms with E-state index in [-0.39, 0.29) is 24.9 Å². The molecule has 0 saturated carbocycles. The van der Waals surface area contributed by atoms with Gasteiger partial charge in [-0.25, -0.2) is 0 Å². The van der Waals surface area contributed by atoms with E-state index in [0.29, 0.717) is 11.4 Å². The lowest BCUT2D eigenvalue weighted by Crippen LogP contribution is -2.38. The predicted molar refractivity (Wildman–Crippen MR) is 63.5 cm³/mol. The van der Waals surface area contributed by atoms with Gasteiger partial charge in [-0.3, -0.25) is 4.79 Å². The summed E-state index contributed by atoms with van der Waals surface area (Å²) >= 11 is 3.31. The molecule has 1 aliphatic rings. The van der Waals surface area contributed by atoms with Gasteiger partial charge in [0.1, 0.15) is 18.4 Å². The highest BCUT2D eigenvalue weighted by Crippen LogP contribution is 2.29. The maximum Gasteiger partial charge on any atom is 0.244 e. The summed E-state index contributed by atoms with van der Waals surface area (Å²) in [7, 11) is 0. The largest absolute Gasteiger partial charge is 0.489 e. The first-order valence-electron chi connectivity index (χ1n) is 4.15. The van der Waals surface area contributed by atoms with Crippen LogP contribution in [0.5, 0.6) is 5.75 Å². The van der Waals surface area contributed by atoms with E-state index < -0.39 is 6.04 Å². The number of nitrogens with one attached hydrogen (secondary N) is 1. The number of anilines is 1. The number of amides is 1. The number of halogens is 2. The Morgan fingerprint density at radius 2 is 2.27 bits per heavy atom. The first-order chi connectivity index (χ1) is 6.66. The minimum Gasteiger partial charge on any atom is -0.489 e. The Morgan fingerprint density at radius 3 is 3.00 bits per heavy atom. The van der Waals surface area contributed by atoms with Crippen LogP contribution in [0.25, 0.3) is 0 Å². The van der Waals surface area contributed by atoms with Crippen molar-refractivity contribution in [3.8, 4) is 5.75 Å². The van der Waals surface area contributed by atoms with Gasteiger partial charge in [-0.05, 0) is 18.2 Å². The number of ether oxygens (including phenoxy) is 1. The molecule has 1 aliphatic heterocycles. The average molecular weight is 294 g/mol. The molecule has 1 atom stereocenters.